The monoisotopic (exact) mass is 286 g/mol. The van der Waals surface area contributed by atoms with Gasteiger partial charge in [-0.05, 0) is 31.0 Å². The van der Waals surface area contributed by atoms with Gasteiger partial charge in [0.25, 0.3) is 5.91 Å². The molecule has 0 bridgehead atoms. The minimum atomic E-state index is -0.716. The normalized spacial score (nSPS) is 23.6. The predicted octanol–water partition coefficient (Wildman–Crippen LogP) is 1.56. The summed E-state index contributed by atoms with van der Waals surface area (Å²) in [5.74, 6) is 1.16. The molecule has 4 nitrogen and oxygen atoms in total. The molecular formula is C12H15ClN2O2S. The first kappa shape index (κ1) is 13.4. The lowest BCUT2D eigenvalue weighted by molar-refractivity contribution is 0.0934. The van der Waals surface area contributed by atoms with Crippen molar-refractivity contribution >= 4 is 34.0 Å². The minimum absolute atomic E-state index is 0.104. The van der Waals surface area contributed by atoms with Crippen LogP contribution in [0, 0.1) is 0 Å². The molecule has 1 amide bonds. The highest BCUT2D eigenvalue weighted by Crippen LogP contribution is 2.19. The Balaban J connectivity index is 1.99. The van der Waals surface area contributed by atoms with E-state index >= 15 is 0 Å². The molecule has 18 heavy (non-hydrogen) atoms. The van der Waals surface area contributed by atoms with Crippen LogP contribution in [-0.4, -0.2) is 27.7 Å². The topological polar surface area (TPSA) is 72.2 Å². The number of anilines is 1. The molecule has 0 aliphatic carbocycles. The Morgan fingerprint density at radius 1 is 1.39 bits per heavy atom. The van der Waals surface area contributed by atoms with E-state index in [9.17, 15) is 9.00 Å². The number of amides is 1. The van der Waals surface area contributed by atoms with E-state index in [1.807, 2.05) is 0 Å². The van der Waals surface area contributed by atoms with E-state index in [0.29, 0.717) is 27.8 Å². The quantitative estimate of drug-likeness (QED) is 0.811. The number of nitrogens with two attached hydrogens (primary N) is 1. The number of benzene rings is 1. The Kier molecular flexibility index (Phi) is 4.24. The number of nitrogen functional groups attached to an aromatic ring is 1. The fourth-order valence-corrected chi connectivity index (χ4v) is 3.31. The van der Waals surface area contributed by atoms with E-state index < -0.39 is 10.8 Å². The van der Waals surface area contributed by atoms with Crippen molar-refractivity contribution in [2.45, 2.75) is 18.9 Å². The maximum Gasteiger partial charge on any atom is 0.251 e. The standard InChI is InChI=1S/C12H15ClN2O2S/c13-10-2-1-8(7-11(10)14)12(16)15-9-3-5-18(17)6-4-9/h1-2,7,9H,3-6,14H2,(H,15,16). The van der Waals surface area contributed by atoms with Gasteiger partial charge < -0.3 is 11.1 Å². The van der Waals surface area contributed by atoms with Gasteiger partial charge in [-0.1, -0.05) is 11.6 Å². The van der Waals surface area contributed by atoms with Gasteiger partial charge in [0.15, 0.2) is 0 Å². The molecule has 1 aliphatic heterocycles. The molecule has 1 aromatic rings. The largest absolute Gasteiger partial charge is 0.398 e. The van der Waals surface area contributed by atoms with Crippen LogP contribution in [0.25, 0.3) is 0 Å². The SMILES string of the molecule is Nc1cc(C(=O)NC2CCS(=O)CC2)ccc1Cl. The van der Waals surface area contributed by atoms with Crippen molar-refractivity contribution in [1.29, 1.82) is 0 Å². The zero-order valence-corrected chi connectivity index (χ0v) is 11.4. The van der Waals surface area contributed by atoms with Gasteiger partial charge in [0.2, 0.25) is 0 Å². The molecule has 0 aromatic heterocycles. The summed E-state index contributed by atoms with van der Waals surface area (Å²) in [7, 11) is -0.716. The third-order valence-electron chi connectivity index (χ3n) is 2.98. The summed E-state index contributed by atoms with van der Waals surface area (Å²) in [6, 6.07) is 4.93. The second-order valence-electron chi connectivity index (χ2n) is 4.33. The third-order valence-corrected chi connectivity index (χ3v) is 4.71. The lowest BCUT2D eigenvalue weighted by Crippen LogP contribution is -2.39. The summed E-state index contributed by atoms with van der Waals surface area (Å²) in [4.78, 5) is 12.0. The van der Waals surface area contributed by atoms with Crippen molar-refractivity contribution in [2.24, 2.45) is 0 Å². The molecular weight excluding hydrogens is 272 g/mol. The van der Waals surface area contributed by atoms with Gasteiger partial charge in [-0.25, -0.2) is 0 Å². The van der Waals surface area contributed by atoms with E-state index in [4.69, 9.17) is 17.3 Å². The van der Waals surface area contributed by atoms with Crippen LogP contribution in [0.1, 0.15) is 23.2 Å². The first-order valence-corrected chi connectivity index (χ1v) is 7.64. The van der Waals surface area contributed by atoms with Crippen LogP contribution in [0.15, 0.2) is 18.2 Å². The van der Waals surface area contributed by atoms with Crippen LogP contribution in [0.4, 0.5) is 5.69 Å². The zero-order valence-electron chi connectivity index (χ0n) is 9.82. The van der Waals surface area contributed by atoms with Crippen LogP contribution >= 0.6 is 11.6 Å². The van der Waals surface area contributed by atoms with Crippen molar-refractivity contribution in [3.63, 3.8) is 0 Å². The molecule has 0 spiro atoms. The van der Waals surface area contributed by atoms with Crippen molar-refractivity contribution in [1.82, 2.24) is 5.32 Å². The molecule has 1 heterocycles. The maximum absolute atomic E-state index is 12.0. The van der Waals surface area contributed by atoms with Crippen LogP contribution in [0.5, 0.6) is 0 Å². The lowest BCUT2D eigenvalue weighted by Gasteiger charge is -2.22. The predicted molar refractivity (Wildman–Crippen MR) is 74.2 cm³/mol. The number of carbonyl (C=O) groups is 1. The molecule has 3 N–H and O–H groups in total. The summed E-state index contributed by atoms with van der Waals surface area (Å²) in [5.41, 5.74) is 6.56. The fraction of sp³-hybridized carbons (Fsp3) is 0.417. The molecule has 1 fully saturated rings. The second kappa shape index (κ2) is 5.71. The highest BCUT2D eigenvalue weighted by atomic mass is 35.5. The zero-order chi connectivity index (χ0) is 13.1. The smallest absolute Gasteiger partial charge is 0.251 e. The first-order chi connectivity index (χ1) is 8.56. The summed E-state index contributed by atoms with van der Waals surface area (Å²) in [6.07, 6.45) is 1.53. The molecule has 1 aliphatic rings. The van der Waals surface area contributed by atoms with Crippen LogP contribution in [0.3, 0.4) is 0 Å². The third kappa shape index (κ3) is 3.23. The number of carbonyl (C=O) groups excluding carboxylic acids is 1. The maximum atomic E-state index is 12.0. The summed E-state index contributed by atoms with van der Waals surface area (Å²) < 4.78 is 11.2. The Labute approximate surface area is 113 Å². The molecule has 2 rings (SSSR count). The summed E-state index contributed by atoms with van der Waals surface area (Å²) in [6.45, 7) is 0. The number of nitrogens with one attached hydrogen (secondary N) is 1. The number of halogens is 1. The van der Waals surface area contributed by atoms with E-state index in [2.05, 4.69) is 5.32 Å². The van der Waals surface area contributed by atoms with E-state index in [1.54, 1.807) is 18.2 Å². The van der Waals surface area contributed by atoms with Crippen LogP contribution in [-0.2, 0) is 10.8 Å². The molecule has 0 atom stereocenters. The molecule has 0 radical (unpaired) electrons. The van der Waals surface area contributed by atoms with E-state index in [1.165, 1.54) is 0 Å². The number of hydrogen-bond donors (Lipinski definition) is 2. The van der Waals surface area contributed by atoms with Crippen molar-refractivity contribution < 1.29 is 9.00 Å². The second-order valence-corrected chi connectivity index (χ2v) is 6.44. The highest BCUT2D eigenvalue weighted by Gasteiger charge is 2.20. The molecule has 0 saturated carbocycles. The van der Waals surface area contributed by atoms with Gasteiger partial charge in [-0.3, -0.25) is 9.00 Å². The molecule has 1 aromatic carbocycles. The number of hydrogen-bond acceptors (Lipinski definition) is 3. The Bertz CT molecular complexity index is 483. The van der Waals surface area contributed by atoms with E-state index in [0.717, 1.165) is 12.8 Å². The van der Waals surface area contributed by atoms with Gasteiger partial charge in [0, 0.05) is 33.9 Å². The van der Waals surface area contributed by atoms with Crippen molar-refractivity contribution in [3.8, 4) is 0 Å². The van der Waals surface area contributed by atoms with Crippen LogP contribution in [0.2, 0.25) is 5.02 Å². The highest BCUT2D eigenvalue weighted by molar-refractivity contribution is 7.85. The van der Waals surface area contributed by atoms with Gasteiger partial charge in [-0.15, -0.1) is 0 Å². The summed E-state index contributed by atoms with van der Waals surface area (Å²) >= 11 is 5.80. The molecule has 1 saturated heterocycles. The van der Waals surface area contributed by atoms with Crippen molar-refractivity contribution in [3.05, 3.63) is 28.8 Å². The fourth-order valence-electron chi connectivity index (χ4n) is 1.89. The molecule has 6 heteroatoms. The van der Waals surface area contributed by atoms with Crippen molar-refractivity contribution in [2.75, 3.05) is 17.2 Å². The molecule has 0 unspecified atom stereocenters. The lowest BCUT2D eigenvalue weighted by atomic mass is 10.1. The minimum Gasteiger partial charge on any atom is -0.398 e. The average molecular weight is 287 g/mol. The molecule has 98 valence electrons. The van der Waals surface area contributed by atoms with E-state index in [-0.39, 0.29) is 11.9 Å². The van der Waals surface area contributed by atoms with Gasteiger partial charge in [0.1, 0.15) is 0 Å². The first-order valence-electron chi connectivity index (χ1n) is 5.77. The summed E-state index contributed by atoms with van der Waals surface area (Å²) in [5, 5.41) is 3.37. The Morgan fingerprint density at radius 2 is 2.06 bits per heavy atom. The van der Waals surface area contributed by atoms with Crippen LogP contribution < -0.4 is 11.1 Å². The van der Waals surface area contributed by atoms with Gasteiger partial charge in [-0.2, -0.15) is 0 Å². The van der Waals surface area contributed by atoms with Gasteiger partial charge >= 0.3 is 0 Å². The Hall–Kier alpha value is -1.07. The van der Waals surface area contributed by atoms with Gasteiger partial charge in [0.05, 0.1) is 10.7 Å². The Morgan fingerprint density at radius 3 is 2.67 bits per heavy atom. The number of rotatable bonds is 2. The average Bonchev–Trinajstić information content (AvgIpc) is 2.35.